The van der Waals surface area contributed by atoms with Crippen molar-refractivity contribution in [1.82, 2.24) is 9.97 Å². The van der Waals surface area contributed by atoms with Gasteiger partial charge in [-0.05, 0) is 42.8 Å². The van der Waals surface area contributed by atoms with Crippen LogP contribution in [0.25, 0.3) is 11.3 Å². The van der Waals surface area contributed by atoms with Crippen molar-refractivity contribution in [2.45, 2.75) is 6.92 Å². The third-order valence-electron chi connectivity index (χ3n) is 3.18. The van der Waals surface area contributed by atoms with Gasteiger partial charge in [0.15, 0.2) is 5.13 Å². The number of hydrogen-bond acceptors (Lipinski definition) is 4. The second kappa shape index (κ2) is 6.03. The Labute approximate surface area is 130 Å². The molecule has 0 aliphatic heterocycles. The number of nitrogens with zero attached hydrogens (tertiary/aromatic N) is 3. The number of benzene rings is 1. The van der Waals surface area contributed by atoms with Crippen LogP contribution in [0.3, 0.4) is 0 Å². The van der Waals surface area contributed by atoms with E-state index in [2.05, 4.69) is 9.97 Å². The van der Waals surface area contributed by atoms with Crippen molar-refractivity contribution in [3.63, 3.8) is 0 Å². The van der Waals surface area contributed by atoms with Crippen molar-refractivity contribution in [2.24, 2.45) is 0 Å². The lowest BCUT2D eigenvalue weighted by atomic mass is 10.1. The molecule has 0 aliphatic rings. The molecule has 2 heterocycles. The average molecular weight is 313 g/mol. The number of halogens is 1. The fraction of sp³-hybridized carbons (Fsp3) is 0.0625. The predicted molar refractivity (Wildman–Crippen MR) is 84.7 cm³/mol. The van der Waals surface area contributed by atoms with E-state index in [0.29, 0.717) is 28.5 Å². The lowest BCUT2D eigenvalue weighted by Crippen LogP contribution is -2.13. The van der Waals surface area contributed by atoms with Crippen molar-refractivity contribution < 1.29 is 9.18 Å². The predicted octanol–water partition coefficient (Wildman–Crippen LogP) is 3.95. The normalized spacial score (nSPS) is 10.5. The first-order valence-corrected chi connectivity index (χ1v) is 7.43. The number of pyridine rings is 1. The third-order valence-corrected chi connectivity index (χ3v) is 4.02. The van der Waals surface area contributed by atoms with Gasteiger partial charge in [-0.15, -0.1) is 11.3 Å². The Balaban J connectivity index is 1.95. The number of hydrogen-bond donors (Lipinski definition) is 0. The van der Waals surface area contributed by atoms with Gasteiger partial charge in [0.05, 0.1) is 17.6 Å². The van der Waals surface area contributed by atoms with E-state index < -0.39 is 0 Å². The molecule has 3 aromatic rings. The molecule has 0 unspecified atom stereocenters. The van der Waals surface area contributed by atoms with Gasteiger partial charge in [-0.1, -0.05) is 0 Å². The van der Waals surface area contributed by atoms with E-state index in [0.717, 1.165) is 5.56 Å². The summed E-state index contributed by atoms with van der Waals surface area (Å²) in [6.45, 7) is 1.71. The molecule has 1 amide bonds. The highest BCUT2D eigenvalue weighted by atomic mass is 32.1. The van der Waals surface area contributed by atoms with Gasteiger partial charge in [-0.2, -0.15) is 0 Å². The third kappa shape index (κ3) is 2.73. The van der Waals surface area contributed by atoms with Crippen molar-refractivity contribution >= 4 is 28.6 Å². The summed E-state index contributed by atoms with van der Waals surface area (Å²) in [5.74, 6) is -0.246. The topological polar surface area (TPSA) is 46.1 Å². The van der Waals surface area contributed by atoms with Crippen LogP contribution in [0.2, 0.25) is 0 Å². The second-order valence-corrected chi connectivity index (χ2v) is 5.50. The molecule has 0 bridgehead atoms. The SMILES string of the molecule is Cc1cc(-c2csc(N(C=O)c3cccnc3)n2)ccc1F. The summed E-state index contributed by atoms with van der Waals surface area (Å²) < 4.78 is 13.3. The fourth-order valence-corrected chi connectivity index (χ4v) is 2.84. The van der Waals surface area contributed by atoms with Gasteiger partial charge in [0.25, 0.3) is 0 Å². The number of amides is 1. The highest BCUT2D eigenvalue weighted by Crippen LogP contribution is 2.31. The highest BCUT2D eigenvalue weighted by Gasteiger charge is 2.14. The summed E-state index contributed by atoms with van der Waals surface area (Å²) in [7, 11) is 0. The van der Waals surface area contributed by atoms with Crippen molar-refractivity contribution in [3.05, 3.63) is 59.5 Å². The zero-order valence-electron chi connectivity index (χ0n) is 11.7. The molecule has 2 aromatic heterocycles. The standard InChI is InChI=1S/C16H12FN3OS/c1-11-7-12(4-5-14(11)17)15-9-22-16(19-15)20(10-21)13-3-2-6-18-8-13/h2-10H,1H3. The van der Waals surface area contributed by atoms with Gasteiger partial charge in [0.1, 0.15) is 5.82 Å². The Morgan fingerprint density at radius 3 is 2.86 bits per heavy atom. The van der Waals surface area contributed by atoms with Crippen LogP contribution in [0.1, 0.15) is 5.56 Å². The van der Waals surface area contributed by atoms with E-state index in [-0.39, 0.29) is 5.82 Å². The minimum atomic E-state index is -0.246. The summed E-state index contributed by atoms with van der Waals surface area (Å²) in [6, 6.07) is 8.37. The molecule has 1 aromatic carbocycles. The molecule has 110 valence electrons. The van der Waals surface area contributed by atoms with Crippen LogP contribution < -0.4 is 4.90 Å². The molecular weight excluding hydrogens is 301 g/mol. The van der Waals surface area contributed by atoms with E-state index in [1.165, 1.54) is 22.3 Å². The average Bonchev–Trinajstić information content (AvgIpc) is 3.01. The van der Waals surface area contributed by atoms with Gasteiger partial charge in [-0.3, -0.25) is 14.7 Å². The summed E-state index contributed by atoms with van der Waals surface area (Å²) >= 11 is 1.34. The first-order chi connectivity index (χ1) is 10.7. The van der Waals surface area contributed by atoms with Crippen LogP contribution in [0, 0.1) is 12.7 Å². The maximum atomic E-state index is 13.3. The lowest BCUT2D eigenvalue weighted by Gasteiger charge is -2.12. The van der Waals surface area contributed by atoms with Crippen LogP contribution >= 0.6 is 11.3 Å². The maximum Gasteiger partial charge on any atom is 0.220 e. The lowest BCUT2D eigenvalue weighted by molar-refractivity contribution is -0.106. The van der Waals surface area contributed by atoms with Crippen LogP contribution in [-0.2, 0) is 4.79 Å². The number of aryl methyl sites for hydroxylation is 1. The zero-order chi connectivity index (χ0) is 15.5. The molecule has 4 nitrogen and oxygen atoms in total. The molecule has 3 rings (SSSR count). The molecule has 0 fully saturated rings. The Morgan fingerprint density at radius 1 is 1.32 bits per heavy atom. The Morgan fingerprint density at radius 2 is 2.18 bits per heavy atom. The van der Waals surface area contributed by atoms with Gasteiger partial charge in [0, 0.05) is 17.1 Å². The number of thiazole rings is 1. The van der Waals surface area contributed by atoms with Gasteiger partial charge >= 0.3 is 0 Å². The van der Waals surface area contributed by atoms with E-state index in [1.54, 1.807) is 43.6 Å². The number of aromatic nitrogens is 2. The molecule has 0 aliphatic carbocycles. The Bertz CT molecular complexity index is 804. The van der Waals surface area contributed by atoms with Crippen LogP contribution in [0.5, 0.6) is 0 Å². The first-order valence-electron chi connectivity index (χ1n) is 6.55. The van der Waals surface area contributed by atoms with Crippen LogP contribution in [-0.4, -0.2) is 16.4 Å². The van der Waals surface area contributed by atoms with Crippen LogP contribution in [0.4, 0.5) is 15.2 Å². The maximum absolute atomic E-state index is 13.3. The highest BCUT2D eigenvalue weighted by molar-refractivity contribution is 7.14. The molecule has 0 saturated carbocycles. The first kappa shape index (κ1) is 14.3. The minimum Gasteiger partial charge on any atom is -0.278 e. The Kier molecular flexibility index (Phi) is 3.93. The monoisotopic (exact) mass is 313 g/mol. The van der Waals surface area contributed by atoms with Gasteiger partial charge in [0.2, 0.25) is 6.41 Å². The Hall–Kier alpha value is -2.60. The number of rotatable bonds is 4. The summed E-state index contributed by atoms with van der Waals surface area (Å²) in [5.41, 5.74) is 2.73. The zero-order valence-corrected chi connectivity index (χ0v) is 12.5. The molecule has 0 N–H and O–H groups in total. The molecule has 22 heavy (non-hydrogen) atoms. The summed E-state index contributed by atoms with van der Waals surface area (Å²) in [6.07, 6.45) is 3.94. The van der Waals surface area contributed by atoms with Crippen LogP contribution in [0.15, 0.2) is 48.1 Å². The van der Waals surface area contributed by atoms with E-state index >= 15 is 0 Å². The van der Waals surface area contributed by atoms with E-state index in [4.69, 9.17) is 0 Å². The summed E-state index contributed by atoms with van der Waals surface area (Å²) in [5, 5.41) is 2.38. The van der Waals surface area contributed by atoms with E-state index in [9.17, 15) is 9.18 Å². The largest absolute Gasteiger partial charge is 0.278 e. The quantitative estimate of drug-likeness (QED) is 0.685. The van der Waals surface area contributed by atoms with Crippen molar-refractivity contribution in [1.29, 1.82) is 0 Å². The second-order valence-electron chi connectivity index (χ2n) is 4.67. The van der Waals surface area contributed by atoms with Crippen molar-refractivity contribution in [2.75, 3.05) is 4.90 Å². The number of anilines is 2. The number of carbonyl (C=O) groups is 1. The van der Waals surface area contributed by atoms with Gasteiger partial charge < -0.3 is 0 Å². The number of carbonyl (C=O) groups excluding carboxylic acids is 1. The van der Waals surface area contributed by atoms with Gasteiger partial charge in [-0.25, -0.2) is 9.37 Å². The summed E-state index contributed by atoms with van der Waals surface area (Å²) in [4.78, 5) is 21.3. The molecule has 0 saturated heterocycles. The molecule has 6 heteroatoms. The van der Waals surface area contributed by atoms with E-state index in [1.807, 2.05) is 5.38 Å². The molecular formula is C16H12FN3OS. The smallest absolute Gasteiger partial charge is 0.220 e. The fourth-order valence-electron chi connectivity index (χ4n) is 2.02. The minimum absolute atomic E-state index is 0.246. The molecule has 0 atom stereocenters. The molecule has 0 radical (unpaired) electrons. The molecule has 0 spiro atoms. The van der Waals surface area contributed by atoms with Crippen molar-refractivity contribution in [3.8, 4) is 11.3 Å².